The third kappa shape index (κ3) is 2.29. The second-order valence-electron chi connectivity index (χ2n) is 2.92. The van der Waals surface area contributed by atoms with Crippen LogP contribution >= 0.6 is 0 Å². The van der Waals surface area contributed by atoms with Gasteiger partial charge in [0.25, 0.3) is 0 Å². The highest BCUT2D eigenvalue weighted by atomic mass is 16.6. The zero-order valence-corrected chi connectivity index (χ0v) is 8.15. The number of hydrogen-bond acceptors (Lipinski definition) is 6. The summed E-state index contributed by atoms with van der Waals surface area (Å²) in [5, 5.41) is 17.0. The maximum absolute atomic E-state index is 10.3. The number of pyridine rings is 1. The molecule has 0 spiro atoms. The van der Waals surface area contributed by atoms with Crippen LogP contribution in [0.15, 0.2) is 30.9 Å². The van der Waals surface area contributed by atoms with Crippen molar-refractivity contribution in [1.29, 1.82) is 0 Å². The fraction of sp³-hybridized carbons (Fsp3) is 0.125. The second-order valence-corrected chi connectivity index (χ2v) is 2.92. The Bertz CT molecular complexity index is 482. The third-order valence-electron chi connectivity index (χ3n) is 1.79. The van der Waals surface area contributed by atoms with Crippen LogP contribution in [-0.2, 0) is 6.67 Å². The smallest absolute Gasteiger partial charge is 0.390 e. The van der Waals surface area contributed by atoms with E-state index in [0.29, 0.717) is 6.67 Å². The van der Waals surface area contributed by atoms with E-state index in [9.17, 15) is 10.1 Å². The summed E-state index contributed by atoms with van der Waals surface area (Å²) in [5.74, 6) is -0.409. The van der Waals surface area contributed by atoms with Crippen LogP contribution in [0.3, 0.4) is 0 Å². The van der Waals surface area contributed by atoms with Gasteiger partial charge in [0.2, 0.25) is 6.33 Å². The van der Waals surface area contributed by atoms with E-state index in [0.717, 1.165) is 5.69 Å². The molecule has 2 aromatic heterocycles. The molecule has 0 saturated heterocycles. The van der Waals surface area contributed by atoms with Gasteiger partial charge < -0.3 is 15.4 Å². The van der Waals surface area contributed by atoms with Crippen LogP contribution in [-0.4, -0.2) is 24.7 Å². The first-order valence-corrected chi connectivity index (χ1v) is 4.43. The highest BCUT2D eigenvalue weighted by Gasteiger charge is 2.12. The van der Waals surface area contributed by atoms with Crippen LogP contribution in [0.2, 0.25) is 0 Å². The Balaban J connectivity index is 1.97. The Morgan fingerprint density at radius 1 is 1.56 bits per heavy atom. The van der Waals surface area contributed by atoms with Crippen molar-refractivity contribution in [2.24, 2.45) is 0 Å². The molecule has 82 valence electrons. The fourth-order valence-corrected chi connectivity index (χ4v) is 1.08. The van der Waals surface area contributed by atoms with Gasteiger partial charge in [0.15, 0.2) is 0 Å². The first-order valence-electron chi connectivity index (χ1n) is 4.43. The monoisotopic (exact) mass is 220 g/mol. The van der Waals surface area contributed by atoms with Gasteiger partial charge in [0, 0.05) is 17.5 Å². The van der Waals surface area contributed by atoms with Crippen LogP contribution in [0, 0.1) is 10.1 Å². The number of nitrogens with zero attached hydrogens (tertiary/aromatic N) is 5. The van der Waals surface area contributed by atoms with E-state index >= 15 is 0 Å². The van der Waals surface area contributed by atoms with Gasteiger partial charge in [0.05, 0.1) is 5.69 Å². The van der Waals surface area contributed by atoms with E-state index in [-0.39, 0.29) is 0 Å². The maximum atomic E-state index is 10.3. The zero-order valence-electron chi connectivity index (χ0n) is 8.15. The summed E-state index contributed by atoms with van der Waals surface area (Å²) in [6.45, 7) is 0.298. The number of nitrogens with one attached hydrogen (secondary N) is 1. The van der Waals surface area contributed by atoms with E-state index in [1.165, 1.54) is 11.0 Å². The summed E-state index contributed by atoms with van der Waals surface area (Å²) in [5.41, 5.74) is 0.806. The van der Waals surface area contributed by atoms with Crippen molar-refractivity contribution >= 4 is 11.6 Å². The van der Waals surface area contributed by atoms with E-state index in [2.05, 4.69) is 20.4 Å². The fourth-order valence-electron chi connectivity index (χ4n) is 1.08. The summed E-state index contributed by atoms with van der Waals surface area (Å²) >= 11 is 0. The summed E-state index contributed by atoms with van der Waals surface area (Å²) in [7, 11) is 0. The second kappa shape index (κ2) is 4.34. The van der Waals surface area contributed by atoms with Crippen molar-refractivity contribution in [1.82, 2.24) is 19.7 Å². The molecule has 0 unspecified atom stereocenters. The maximum Gasteiger partial charge on any atom is 0.491 e. The molecule has 16 heavy (non-hydrogen) atoms. The molecule has 2 heterocycles. The lowest BCUT2D eigenvalue weighted by Gasteiger charge is -2.01. The van der Waals surface area contributed by atoms with Crippen molar-refractivity contribution in [3.8, 4) is 0 Å². The first-order chi connectivity index (χ1) is 7.75. The van der Waals surface area contributed by atoms with Gasteiger partial charge in [-0.2, -0.15) is 4.68 Å². The van der Waals surface area contributed by atoms with Crippen LogP contribution in [0.1, 0.15) is 0 Å². The predicted octanol–water partition coefficient (Wildman–Crippen LogP) is 0.651. The summed E-state index contributed by atoms with van der Waals surface area (Å²) < 4.78 is 1.34. The predicted molar refractivity (Wildman–Crippen MR) is 54.5 cm³/mol. The molecular weight excluding hydrogens is 212 g/mol. The topological polar surface area (TPSA) is 98.8 Å². The molecule has 1 N–H and O–H groups in total. The minimum atomic E-state index is -0.638. The highest BCUT2D eigenvalue weighted by molar-refractivity contribution is 5.38. The minimum Gasteiger partial charge on any atom is -0.390 e. The van der Waals surface area contributed by atoms with Gasteiger partial charge in [-0.05, 0) is 17.1 Å². The SMILES string of the molecule is O=[N+]([O-])c1ncn(CNc2cccnc2)n1. The Morgan fingerprint density at radius 3 is 3.06 bits per heavy atom. The molecule has 0 aromatic carbocycles. The number of hydrogen-bond donors (Lipinski definition) is 1. The Kier molecular flexibility index (Phi) is 2.72. The van der Waals surface area contributed by atoms with Gasteiger partial charge >= 0.3 is 5.95 Å². The third-order valence-corrected chi connectivity index (χ3v) is 1.79. The van der Waals surface area contributed by atoms with Crippen molar-refractivity contribution in [3.05, 3.63) is 41.0 Å². The van der Waals surface area contributed by atoms with E-state index in [4.69, 9.17) is 0 Å². The Hall–Kier alpha value is -2.51. The molecule has 8 heteroatoms. The number of aromatic nitrogens is 4. The van der Waals surface area contributed by atoms with Crippen molar-refractivity contribution in [3.63, 3.8) is 0 Å². The molecule has 0 aliphatic carbocycles. The molecule has 0 radical (unpaired) electrons. The molecule has 2 rings (SSSR count). The van der Waals surface area contributed by atoms with Crippen LogP contribution in [0.25, 0.3) is 0 Å². The lowest BCUT2D eigenvalue weighted by molar-refractivity contribution is -0.394. The lowest BCUT2D eigenvalue weighted by atomic mass is 10.4. The standard InChI is InChI=1S/C8H8N6O2/c15-14(16)8-11-6-13(12-8)5-10-7-2-1-3-9-4-7/h1-4,6,10H,5H2. The summed E-state index contributed by atoms with van der Waals surface area (Å²) in [4.78, 5) is 17.1. The lowest BCUT2D eigenvalue weighted by Crippen LogP contribution is -2.08. The van der Waals surface area contributed by atoms with E-state index in [1.54, 1.807) is 18.5 Å². The van der Waals surface area contributed by atoms with Gasteiger partial charge in [-0.1, -0.05) is 4.98 Å². The molecule has 0 fully saturated rings. The molecule has 0 aliphatic rings. The summed E-state index contributed by atoms with van der Waals surface area (Å²) in [6, 6.07) is 3.62. The molecule has 8 nitrogen and oxygen atoms in total. The largest absolute Gasteiger partial charge is 0.491 e. The molecule has 0 aliphatic heterocycles. The molecule has 2 aromatic rings. The molecule has 0 bridgehead atoms. The van der Waals surface area contributed by atoms with Gasteiger partial charge in [-0.15, -0.1) is 0 Å². The Labute approximate surface area is 90.1 Å². The normalized spacial score (nSPS) is 10.0. The molecular formula is C8H8N6O2. The van der Waals surface area contributed by atoms with Crippen molar-refractivity contribution < 1.29 is 4.92 Å². The van der Waals surface area contributed by atoms with Crippen LogP contribution in [0.4, 0.5) is 11.6 Å². The quantitative estimate of drug-likeness (QED) is 0.600. The van der Waals surface area contributed by atoms with Crippen LogP contribution in [0.5, 0.6) is 0 Å². The van der Waals surface area contributed by atoms with E-state index < -0.39 is 10.9 Å². The summed E-state index contributed by atoms with van der Waals surface area (Å²) in [6.07, 6.45) is 4.60. The van der Waals surface area contributed by atoms with Crippen molar-refractivity contribution in [2.45, 2.75) is 6.67 Å². The molecule has 0 atom stereocenters. The Morgan fingerprint density at radius 2 is 2.44 bits per heavy atom. The van der Waals surface area contributed by atoms with Crippen LogP contribution < -0.4 is 5.32 Å². The number of nitro groups is 1. The van der Waals surface area contributed by atoms with Gasteiger partial charge in [-0.25, -0.2) is 0 Å². The molecule has 0 saturated carbocycles. The van der Waals surface area contributed by atoms with E-state index in [1.807, 2.05) is 6.07 Å². The average Bonchev–Trinajstić information content (AvgIpc) is 2.76. The van der Waals surface area contributed by atoms with Gasteiger partial charge in [-0.3, -0.25) is 4.98 Å². The highest BCUT2D eigenvalue weighted by Crippen LogP contribution is 2.04. The number of rotatable bonds is 4. The molecule has 0 amide bonds. The average molecular weight is 220 g/mol. The number of anilines is 1. The van der Waals surface area contributed by atoms with Gasteiger partial charge in [0.1, 0.15) is 6.67 Å². The minimum absolute atomic E-state index is 0.298. The zero-order chi connectivity index (χ0) is 11.4. The first kappa shape index (κ1) is 10.0. The van der Waals surface area contributed by atoms with Crippen molar-refractivity contribution in [2.75, 3.05) is 5.32 Å².